The number of aryl methyl sites for hydroxylation is 1. The van der Waals surface area contributed by atoms with Crippen LogP contribution in [0.4, 0.5) is 8.63 Å². The van der Waals surface area contributed by atoms with E-state index in [2.05, 4.69) is 59.0 Å². The number of nitrogens with one attached hydrogen (secondary N) is 1. The SMILES string of the molecule is COc1c(C(C)(C)C)ccc(C(C)(C)C)c1/C=C/C1=[N+]2C(=Cc3ccc(CCC(=O)NC4CCCCC4)n3[B-]2(F)F)C(C)=C1. The number of fused-ring (bicyclic) bond motifs is 2. The number of methoxy groups -OCH3 is 1. The van der Waals surface area contributed by atoms with Crippen LogP contribution in [0.3, 0.4) is 0 Å². The lowest BCUT2D eigenvalue weighted by Gasteiger charge is -2.31. The van der Waals surface area contributed by atoms with Crippen LogP contribution in [0.15, 0.2) is 47.7 Å². The Morgan fingerprint density at radius 2 is 1.66 bits per heavy atom. The lowest BCUT2D eigenvalue weighted by atomic mass is 9.78. The third-order valence-electron chi connectivity index (χ3n) is 9.26. The molecule has 1 fully saturated rings. The van der Waals surface area contributed by atoms with E-state index in [4.69, 9.17) is 4.74 Å². The van der Waals surface area contributed by atoms with Crippen molar-refractivity contribution < 1.29 is 22.6 Å². The Bertz CT molecular complexity index is 1580. The highest BCUT2D eigenvalue weighted by Gasteiger charge is 2.53. The lowest BCUT2D eigenvalue weighted by Crippen LogP contribution is -2.50. The topological polar surface area (TPSA) is 46.3 Å². The standard InChI is InChI=1S/C36H48BF2N3O2/c1-24-22-27(16-18-29-30(35(2,3)4)19-20-31(34(29)44-8)36(5,6)7)42-32(24)23-28-15-14-26(41(28)37(42,38)39)17-21-33(43)40-25-12-10-9-11-13-25/h14-16,18-20,22-23,25H,9-13,17,21H2,1-8H3,(H,40,43)/b18-16+. The van der Waals surface area contributed by atoms with E-state index in [0.29, 0.717) is 22.8 Å². The molecule has 1 amide bonds. The van der Waals surface area contributed by atoms with Gasteiger partial charge < -0.3 is 27.6 Å². The Morgan fingerprint density at radius 1 is 1.00 bits per heavy atom. The highest BCUT2D eigenvalue weighted by molar-refractivity contribution is 6.58. The van der Waals surface area contributed by atoms with E-state index in [0.717, 1.165) is 58.2 Å². The van der Waals surface area contributed by atoms with E-state index >= 15 is 8.63 Å². The third kappa shape index (κ3) is 6.09. The van der Waals surface area contributed by atoms with Gasteiger partial charge in [-0.1, -0.05) is 72.9 Å². The second kappa shape index (κ2) is 11.8. The number of hydrogen-bond donors (Lipinski definition) is 1. The summed E-state index contributed by atoms with van der Waals surface area (Å²) in [7, 11) is 1.67. The molecule has 3 aliphatic rings. The Hall–Kier alpha value is -3.42. The van der Waals surface area contributed by atoms with Crippen LogP contribution in [0.2, 0.25) is 0 Å². The zero-order valence-electron chi connectivity index (χ0n) is 27.7. The molecule has 3 heterocycles. The zero-order chi connectivity index (χ0) is 32.0. The fourth-order valence-corrected chi connectivity index (χ4v) is 7.00. The number of benzene rings is 1. The molecule has 2 aromatic rings. The van der Waals surface area contributed by atoms with Crippen LogP contribution in [0.1, 0.15) is 115 Å². The van der Waals surface area contributed by atoms with Gasteiger partial charge in [0.15, 0.2) is 11.4 Å². The number of rotatable bonds is 7. The van der Waals surface area contributed by atoms with Gasteiger partial charge in [0.2, 0.25) is 5.91 Å². The Morgan fingerprint density at radius 3 is 2.30 bits per heavy atom. The summed E-state index contributed by atoms with van der Waals surface area (Å²) in [5.74, 6) is 0.707. The van der Waals surface area contributed by atoms with Crippen molar-refractivity contribution in [2.24, 2.45) is 0 Å². The van der Waals surface area contributed by atoms with Crippen LogP contribution in [0.5, 0.6) is 5.75 Å². The average molecular weight is 604 g/mol. The summed E-state index contributed by atoms with van der Waals surface area (Å²) >= 11 is 0. The third-order valence-corrected chi connectivity index (χ3v) is 9.26. The fraction of sp³-hybridized carbons (Fsp3) is 0.500. The van der Waals surface area contributed by atoms with Crippen molar-refractivity contribution in [2.45, 2.75) is 110 Å². The highest BCUT2D eigenvalue weighted by Crippen LogP contribution is 2.41. The number of ether oxygens (including phenoxy) is 1. The molecule has 5 nitrogen and oxygen atoms in total. The van der Waals surface area contributed by atoms with Crippen molar-refractivity contribution in [3.63, 3.8) is 0 Å². The summed E-state index contributed by atoms with van der Waals surface area (Å²) in [4.78, 5) is 12.7. The quantitative estimate of drug-likeness (QED) is 0.325. The van der Waals surface area contributed by atoms with E-state index in [1.54, 1.807) is 25.3 Å². The number of hydrogen-bond acceptors (Lipinski definition) is 2. The van der Waals surface area contributed by atoms with Gasteiger partial charge in [0.25, 0.3) is 0 Å². The van der Waals surface area contributed by atoms with Gasteiger partial charge in [0, 0.05) is 53.1 Å². The number of nitrogens with zero attached hydrogens (tertiary/aromatic N) is 2. The second-order valence-corrected chi connectivity index (χ2v) is 14.7. The van der Waals surface area contributed by atoms with Gasteiger partial charge in [-0.2, -0.15) is 0 Å². The molecule has 1 aliphatic carbocycles. The van der Waals surface area contributed by atoms with Gasteiger partial charge in [0.1, 0.15) is 5.75 Å². The molecule has 0 atom stereocenters. The van der Waals surface area contributed by atoms with E-state index in [-0.39, 0.29) is 35.6 Å². The van der Waals surface area contributed by atoms with Gasteiger partial charge in [-0.25, -0.2) is 0 Å². The lowest BCUT2D eigenvalue weighted by molar-refractivity contribution is -0.361. The Labute approximate surface area is 261 Å². The number of halogens is 2. The first-order valence-electron chi connectivity index (χ1n) is 16.1. The largest absolute Gasteiger partial charge is 0.737 e. The van der Waals surface area contributed by atoms with E-state index in [1.165, 1.54) is 10.9 Å². The molecule has 8 heteroatoms. The van der Waals surface area contributed by atoms with Crippen molar-refractivity contribution in [3.8, 4) is 5.75 Å². The molecule has 0 saturated heterocycles. The first kappa shape index (κ1) is 32.0. The number of carbonyl (C=O) groups is 1. The minimum absolute atomic E-state index is 0.0646. The van der Waals surface area contributed by atoms with Crippen LogP contribution in [0.25, 0.3) is 12.2 Å². The molecule has 44 heavy (non-hydrogen) atoms. The van der Waals surface area contributed by atoms with Crippen LogP contribution in [-0.4, -0.2) is 40.7 Å². The van der Waals surface area contributed by atoms with Gasteiger partial charge in [0.05, 0.1) is 7.11 Å². The molecule has 0 spiro atoms. The summed E-state index contributed by atoms with van der Waals surface area (Å²) in [6, 6.07) is 7.95. The van der Waals surface area contributed by atoms with Crippen molar-refractivity contribution in [2.75, 3.05) is 7.11 Å². The summed E-state index contributed by atoms with van der Waals surface area (Å²) < 4.78 is 41.6. The first-order valence-corrected chi connectivity index (χ1v) is 16.1. The van der Waals surface area contributed by atoms with Crippen molar-refractivity contribution in [1.29, 1.82) is 0 Å². The predicted octanol–water partition coefficient (Wildman–Crippen LogP) is 8.18. The monoisotopic (exact) mass is 603 g/mol. The summed E-state index contributed by atoms with van der Waals surface area (Å²) in [6.07, 6.45) is 13.3. The van der Waals surface area contributed by atoms with Crippen LogP contribution < -0.4 is 10.1 Å². The number of carbonyl (C=O) groups excluding carboxylic acids is 1. The number of allylic oxidation sites excluding steroid dienone is 3. The molecule has 0 bridgehead atoms. The molecule has 236 valence electrons. The van der Waals surface area contributed by atoms with Crippen LogP contribution in [0, 0.1) is 0 Å². The van der Waals surface area contributed by atoms with Gasteiger partial charge in [-0.15, -0.1) is 0 Å². The second-order valence-electron chi connectivity index (χ2n) is 14.7. The molecule has 0 unspecified atom stereocenters. The van der Waals surface area contributed by atoms with Crippen molar-refractivity contribution in [3.05, 3.63) is 75.8 Å². The molecule has 1 aromatic heterocycles. The molecule has 1 N–H and O–H groups in total. The summed E-state index contributed by atoms with van der Waals surface area (Å²) in [5, 5.41) is 3.12. The predicted molar refractivity (Wildman–Crippen MR) is 178 cm³/mol. The van der Waals surface area contributed by atoms with Gasteiger partial charge >= 0.3 is 6.97 Å². The number of aromatic nitrogens is 1. The molecule has 5 rings (SSSR count). The Balaban J connectivity index is 1.50. The number of amides is 1. The van der Waals surface area contributed by atoms with Crippen LogP contribution in [-0.2, 0) is 22.0 Å². The molecule has 0 radical (unpaired) electrons. The summed E-state index contributed by atoms with van der Waals surface area (Å²) in [5.41, 5.74) is 5.39. The van der Waals surface area contributed by atoms with Crippen LogP contribution >= 0.6 is 0 Å². The Kier molecular flexibility index (Phi) is 8.60. The maximum Gasteiger partial charge on any atom is 0.737 e. The average Bonchev–Trinajstić information content (AvgIpc) is 3.51. The molecule has 1 aromatic carbocycles. The fourth-order valence-electron chi connectivity index (χ4n) is 7.00. The van der Waals surface area contributed by atoms with Crippen molar-refractivity contribution in [1.82, 2.24) is 9.79 Å². The molecular formula is C36H48BF2N3O2. The maximum absolute atomic E-state index is 16.6. The normalized spacial score (nSPS) is 18.7. The van der Waals surface area contributed by atoms with Gasteiger partial charge in [-0.3, -0.25) is 4.79 Å². The minimum atomic E-state index is -4.19. The molecule has 1 saturated carbocycles. The van der Waals surface area contributed by atoms with Crippen molar-refractivity contribution >= 4 is 30.7 Å². The zero-order valence-corrected chi connectivity index (χ0v) is 27.7. The van der Waals surface area contributed by atoms with E-state index < -0.39 is 6.97 Å². The minimum Gasteiger partial charge on any atom is -0.496 e. The summed E-state index contributed by atoms with van der Waals surface area (Å²) in [6.45, 7) is 10.6. The van der Waals surface area contributed by atoms with E-state index in [9.17, 15) is 4.79 Å². The maximum atomic E-state index is 16.6. The first-order chi connectivity index (χ1) is 20.6. The smallest absolute Gasteiger partial charge is 0.496 e. The highest BCUT2D eigenvalue weighted by atomic mass is 19.2. The van der Waals surface area contributed by atoms with Gasteiger partial charge in [-0.05, 0) is 66.5 Å². The van der Waals surface area contributed by atoms with E-state index in [1.807, 2.05) is 25.2 Å². The molecule has 2 aliphatic heterocycles. The molecular weight excluding hydrogens is 555 g/mol.